The average molecular weight is 442 g/mol. The monoisotopic (exact) mass is 441 g/mol. The summed E-state index contributed by atoms with van der Waals surface area (Å²) < 4.78 is 33.0. The first-order chi connectivity index (χ1) is 14.7. The maximum absolute atomic E-state index is 13.0. The van der Waals surface area contributed by atoms with Crippen LogP contribution in [0.5, 0.6) is 5.75 Å². The molecule has 0 bridgehead atoms. The smallest absolute Gasteiger partial charge is 0.263 e. The number of benzene rings is 2. The molecular weight excluding hydrogens is 414 g/mol. The SMILES string of the molecule is CC(Oc1ccccc1C#N)C(=O)N1CCN(S(=O)(=O)c2ccc(C(C)C)cc2)CC1. The third-order valence-corrected chi connectivity index (χ3v) is 7.31. The summed E-state index contributed by atoms with van der Waals surface area (Å²) in [5, 5.41) is 9.17. The number of hydrogen-bond acceptors (Lipinski definition) is 5. The number of amides is 1. The van der Waals surface area contributed by atoms with Gasteiger partial charge in [-0.2, -0.15) is 9.57 Å². The molecule has 1 unspecified atom stereocenters. The number of para-hydroxylation sites is 1. The number of hydrogen-bond donors (Lipinski definition) is 0. The molecule has 0 radical (unpaired) electrons. The van der Waals surface area contributed by atoms with Crippen LogP contribution in [0.4, 0.5) is 0 Å². The number of nitriles is 1. The molecule has 0 spiro atoms. The first kappa shape index (κ1) is 22.8. The average Bonchev–Trinajstić information content (AvgIpc) is 2.79. The van der Waals surface area contributed by atoms with Crippen LogP contribution < -0.4 is 4.74 Å². The first-order valence-corrected chi connectivity index (χ1v) is 11.7. The molecule has 2 aromatic rings. The van der Waals surface area contributed by atoms with Gasteiger partial charge >= 0.3 is 0 Å². The number of carbonyl (C=O) groups is 1. The number of ether oxygens (including phenoxy) is 1. The Morgan fingerprint density at radius 1 is 1.00 bits per heavy atom. The zero-order valence-corrected chi connectivity index (χ0v) is 18.8. The Morgan fingerprint density at radius 3 is 2.19 bits per heavy atom. The molecule has 31 heavy (non-hydrogen) atoms. The van der Waals surface area contributed by atoms with Crippen molar-refractivity contribution in [2.24, 2.45) is 0 Å². The van der Waals surface area contributed by atoms with E-state index in [0.717, 1.165) is 5.56 Å². The summed E-state index contributed by atoms with van der Waals surface area (Å²) in [5.74, 6) is 0.457. The highest BCUT2D eigenvalue weighted by Crippen LogP contribution is 2.22. The quantitative estimate of drug-likeness (QED) is 0.687. The van der Waals surface area contributed by atoms with E-state index in [0.29, 0.717) is 17.2 Å². The number of rotatable bonds is 6. The Balaban J connectivity index is 1.61. The lowest BCUT2D eigenvalue weighted by Gasteiger charge is -2.35. The zero-order chi connectivity index (χ0) is 22.6. The van der Waals surface area contributed by atoms with Crippen LogP contribution in [0.2, 0.25) is 0 Å². The second-order valence-electron chi connectivity index (χ2n) is 7.82. The lowest BCUT2D eigenvalue weighted by atomic mass is 10.0. The molecule has 164 valence electrons. The fraction of sp³-hybridized carbons (Fsp3) is 0.391. The van der Waals surface area contributed by atoms with Gasteiger partial charge in [0.1, 0.15) is 11.8 Å². The van der Waals surface area contributed by atoms with Crippen molar-refractivity contribution in [3.63, 3.8) is 0 Å². The van der Waals surface area contributed by atoms with E-state index < -0.39 is 16.1 Å². The van der Waals surface area contributed by atoms with Gasteiger partial charge in [-0.05, 0) is 42.7 Å². The van der Waals surface area contributed by atoms with Gasteiger partial charge in [0.15, 0.2) is 6.10 Å². The van der Waals surface area contributed by atoms with Crippen LogP contribution in [0.1, 0.15) is 37.8 Å². The molecule has 1 heterocycles. The first-order valence-electron chi connectivity index (χ1n) is 10.3. The van der Waals surface area contributed by atoms with E-state index >= 15 is 0 Å². The summed E-state index contributed by atoms with van der Waals surface area (Å²) >= 11 is 0. The number of carbonyl (C=O) groups excluding carboxylic acids is 1. The van der Waals surface area contributed by atoms with E-state index in [-0.39, 0.29) is 37.0 Å². The van der Waals surface area contributed by atoms with Gasteiger partial charge in [0.25, 0.3) is 5.91 Å². The summed E-state index contributed by atoms with van der Waals surface area (Å²) in [7, 11) is -3.60. The van der Waals surface area contributed by atoms with Crippen molar-refractivity contribution < 1.29 is 17.9 Å². The van der Waals surface area contributed by atoms with Gasteiger partial charge in [0, 0.05) is 26.2 Å². The van der Waals surface area contributed by atoms with Crippen molar-refractivity contribution in [2.45, 2.75) is 37.7 Å². The lowest BCUT2D eigenvalue weighted by molar-refractivity contribution is -0.139. The molecule has 7 nitrogen and oxygen atoms in total. The van der Waals surface area contributed by atoms with E-state index in [1.807, 2.05) is 18.2 Å². The molecule has 0 aromatic heterocycles. The second-order valence-corrected chi connectivity index (χ2v) is 9.76. The van der Waals surface area contributed by atoms with Gasteiger partial charge in [-0.15, -0.1) is 0 Å². The minimum Gasteiger partial charge on any atom is -0.480 e. The van der Waals surface area contributed by atoms with Gasteiger partial charge in [0.2, 0.25) is 10.0 Å². The van der Waals surface area contributed by atoms with Gasteiger partial charge < -0.3 is 9.64 Å². The molecule has 1 atom stereocenters. The van der Waals surface area contributed by atoms with Crippen LogP contribution in [-0.2, 0) is 14.8 Å². The van der Waals surface area contributed by atoms with Crippen LogP contribution in [0.3, 0.4) is 0 Å². The molecule has 8 heteroatoms. The molecule has 1 aliphatic rings. The van der Waals surface area contributed by atoms with Crippen LogP contribution in [-0.4, -0.2) is 55.8 Å². The highest BCUT2D eigenvalue weighted by Gasteiger charge is 2.32. The van der Waals surface area contributed by atoms with Crippen molar-refractivity contribution >= 4 is 15.9 Å². The molecule has 0 saturated carbocycles. The van der Waals surface area contributed by atoms with Crippen molar-refractivity contribution in [1.82, 2.24) is 9.21 Å². The number of nitrogens with zero attached hydrogens (tertiary/aromatic N) is 3. The Kier molecular flexibility index (Phi) is 6.98. The van der Waals surface area contributed by atoms with E-state index in [2.05, 4.69) is 13.8 Å². The highest BCUT2D eigenvalue weighted by molar-refractivity contribution is 7.89. The predicted molar refractivity (Wildman–Crippen MR) is 117 cm³/mol. The number of sulfonamides is 1. The fourth-order valence-corrected chi connectivity index (χ4v) is 4.90. The summed E-state index contributed by atoms with van der Waals surface area (Å²) in [4.78, 5) is 14.6. The van der Waals surface area contributed by atoms with Crippen molar-refractivity contribution in [3.8, 4) is 11.8 Å². The minimum atomic E-state index is -3.60. The number of piperazine rings is 1. The van der Waals surface area contributed by atoms with E-state index in [4.69, 9.17) is 4.74 Å². The maximum Gasteiger partial charge on any atom is 0.263 e. The summed E-state index contributed by atoms with van der Waals surface area (Å²) in [6.07, 6.45) is -0.777. The second kappa shape index (κ2) is 9.50. The molecule has 1 saturated heterocycles. The van der Waals surface area contributed by atoms with Gasteiger partial charge in [-0.25, -0.2) is 8.42 Å². The highest BCUT2D eigenvalue weighted by atomic mass is 32.2. The summed E-state index contributed by atoms with van der Waals surface area (Å²) in [6, 6.07) is 15.8. The zero-order valence-electron chi connectivity index (χ0n) is 18.0. The molecule has 0 aliphatic carbocycles. The summed E-state index contributed by atoms with van der Waals surface area (Å²) in [6.45, 7) is 6.77. The molecule has 1 amide bonds. The van der Waals surface area contributed by atoms with Gasteiger partial charge in [-0.3, -0.25) is 4.79 Å². The van der Waals surface area contributed by atoms with Crippen molar-refractivity contribution in [1.29, 1.82) is 5.26 Å². The Bertz CT molecular complexity index is 1070. The predicted octanol–water partition coefficient (Wildman–Crippen LogP) is 2.98. The maximum atomic E-state index is 13.0. The largest absolute Gasteiger partial charge is 0.480 e. The third-order valence-electron chi connectivity index (χ3n) is 5.39. The molecule has 1 fully saturated rings. The molecule has 1 aliphatic heterocycles. The Hall–Kier alpha value is -2.89. The fourth-order valence-electron chi connectivity index (χ4n) is 3.48. The minimum absolute atomic E-state index is 0.224. The van der Waals surface area contributed by atoms with Crippen LogP contribution in [0.15, 0.2) is 53.4 Å². The molecule has 0 N–H and O–H groups in total. The summed E-state index contributed by atoms with van der Waals surface area (Å²) in [5.41, 5.74) is 1.45. The molecule has 2 aromatic carbocycles. The topological polar surface area (TPSA) is 90.7 Å². The lowest BCUT2D eigenvalue weighted by Crippen LogP contribution is -2.53. The standard InChI is InChI=1S/C23H27N3O4S/c1-17(2)19-8-10-21(11-9-19)31(28,29)26-14-12-25(13-15-26)23(27)18(3)30-22-7-5-4-6-20(22)16-24/h4-11,17-18H,12-15H2,1-3H3. The third kappa shape index (κ3) is 5.06. The van der Waals surface area contributed by atoms with Crippen LogP contribution in [0.25, 0.3) is 0 Å². The Morgan fingerprint density at radius 2 is 1.61 bits per heavy atom. The van der Waals surface area contributed by atoms with Gasteiger partial charge in [0.05, 0.1) is 10.5 Å². The van der Waals surface area contributed by atoms with E-state index in [1.54, 1.807) is 48.2 Å². The van der Waals surface area contributed by atoms with Gasteiger partial charge in [-0.1, -0.05) is 38.1 Å². The Labute approximate surface area is 183 Å². The molecule has 3 rings (SSSR count). The van der Waals surface area contributed by atoms with E-state index in [9.17, 15) is 18.5 Å². The molecular formula is C23H27N3O4S. The van der Waals surface area contributed by atoms with E-state index in [1.165, 1.54) is 4.31 Å². The normalized spacial score (nSPS) is 16.0. The van der Waals surface area contributed by atoms with Crippen molar-refractivity contribution in [3.05, 3.63) is 59.7 Å². The van der Waals surface area contributed by atoms with Crippen molar-refractivity contribution in [2.75, 3.05) is 26.2 Å². The van der Waals surface area contributed by atoms with Crippen LogP contribution in [0, 0.1) is 11.3 Å². The van der Waals surface area contributed by atoms with Crippen LogP contribution >= 0.6 is 0 Å².